The summed E-state index contributed by atoms with van der Waals surface area (Å²) in [4.78, 5) is 28.6. The number of carbonyl (C=O) groups excluding carboxylic acids is 2. The van der Waals surface area contributed by atoms with Crippen LogP contribution < -0.4 is 19.1 Å². The Morgan fingerprint density at radius 2 is 1.74 bits per heavy atom. The molecule has 2 aliphatic rings. The molecule has 2 aromatic carbocycles. The van der Waals surface area contributed by atoms with Crippen LogP contribution in [-0.4, -0.2) is 56.3 Å². The number of rotatable bonds is 11. The third-order valence-electron chi connectivity index (χ3n) is 6.98. The lowest BCUT2D eigenvalue weighted by Gasteiger charge is -2.33. The maximum absolute atomic E-state index is 13.8. The van der Waals surface area contributed by atoms with Gasteiger partial charge in [-0.15, -0.1) is 0 Å². The Morgan fingerprint density at radius 1 is 1.05 bits per heavy atom. The first-order chi connectivity index (χ1) is 18.2. The number of benzene rings is 2. The fourth-order valence-corrected chi connectivity index (χ4v) is 5.89. The normalized spacial score (nSPS) is 15.8. The van der Waals surface area contributed by atoms with Gasteiger partial charge in [0.2, 0.25) is 28.6 Å². The predicted octanol–water partition coefficient (Wildman–Crippen LogP) is 3.58. The van der Waals surface area contributed by atoms with Gasteiger partial charge in [-0.3, -0.25) is 13.9 Å². The molecule has 206 valence electrons. The highest BCUT2D eigenvalue weighted by atomic mass is 32.2. The third kappa shape index (κ3) is 6.38. The van der Waals surface area contributed by atoms with E-state index in [0.29, 0.717) is 23.5 Å². The minimum Gasteiger partial charge on any atom is -0.454 e. The lowest BCUT2D eigenvalue weighted by atomic mass is 10.1. The van der Waals surface area contributed by atoms with Crippen molar-refractivity contribution in [2.75, 3.05) is 23.4 Å². The fraction of sp³-hybridized carbons (Fsp3) is 0.481. The average Bonchev–Trinajstić information content (AvgIpc) is 3.59. The van der Waals surface area contributed by atoms with E-state index in [9.17, 15) is 22.4 Å². The van der Waals surface area contributed by atoms with Crippen LogP contribution in [-0.2, 0) is 26.2 Å². The summed E-state index contributed by atoms with van der Waals surface area (Å²) in [5.41, 5.74) is 0.884. The summed E-state index contributed by atoms with van der Waals surface area (Å²) in [6.45, 7) is 2.85. The molecule has 0 spiro atoms. The molecule has 0 aromatic heterocycles. The summed E-state index contributed by atoms with van der Waals surface area (Å²) in [5, 5.41) is 3.06. The van der Waals surface area contributed by atoms with Crippen LogP contribution in [0.2, 0.25) is 0 Å². The number of nitrogens with one attached hydrogen (secondary N) is 1. The number of fused-ring (bicyclic) bond motifs is 1. The first-order valence-corrected chi connectivity index (χ1v) is 14.6. The van der Waals surface area contributed by atoms with Crippen molar-refractivity contribution in [2.45, 2.75) is 64.6 Å². The lowest BCUT2D eigenvalue weighted by molar-refractivity contribution is -0.140. The van der Waals surface area contributed by atoms with Gasteiger partial charge in [0.25, 0.3) is 0 Å². The Hall–Kier alpha value is -3.34. The van der Waals surface area contributed by atoms with Crippen LogP contribution in [0, 0.1) is 5.82 Å². The Balaban J connectivity index is 1.64. The van der Waals surface area contributed by atoms with Crippen molar-refractivity contribution in [1.29, 1.82) is 0 Å². The Morgan fingerprint density at radius 3 is 2.39 bits per heavy atom. The van der Waals surface area contributed by atoms with Crippen LogP contribution in [0.4, 0.5) is 10.1 Å². The van der Waals surface area contributed by atoms with E-state index in [-0.39, 0.29) is 36.7 Å². The molecule has 1 atom stereocenters. The minimum atomic E-state index is -3.87. The van der Waals surface area contributed by atoms with Crippen LogP contribution in [0.15, 0.2) is 42.5 Å². The van der Waals surface area contributed by atoms with Crippen LogP contribution in [0.3, 0.4) is 0 Å². The summed E-state index contributed by atoms with van der Waals surface area (Å²) in [6, 6.07) is 9.60. The van der Waals surface area contributed by atoms with Crippen molar-refractivity contribution >= 4 is 27.5 Å². The van der Waals surface area contributed by atoms with E-state index in [4.69, 9.17) is 9.47 Å². The standard InChI is InChI=1S/C27H34FN3O6S/c1-3-23(27(33)29-21-7-5-6-8-21)30(16-19-9-11-20(28)12-10-19)26(32)17-31(38(34,35)4-2)22-13-14-24-25(15-22)37-18-36-24/h9-15,21,23H,3-8,16-18H2,1-2H3,(H,29,33). The van der Waals surface area contributed by atoms with Crippen LogP contribution in [0.5, 0.6) is 11.5 Å². The van der Waals surface area contributed by atoms with Crippen molar-refractivity contribution in [3.8, 4) is 11.5 Å². The van der Waals surface area contributed by atoms with Gasteiger partial charge in [0, 0.05) is 18.7 Å². The van der Waals surface area contributed by atoms with Crippen molar-refractivity contribution in [3.05, 3.63) is 53.8 Å². The van der Waals surface area contributed by atoms with Crippen molar-refractivity contribution < 1.29 is 31.9 Å². The summed E-state index contributed by atoms with van der Waals surface area (Å²) in [6.07, 6.45) is 4.19. The zero-order valence-corrected chi connectivity index (χ0v) is 22.5. The van der Waals surface area contributed by atoms with Crippen molar-refractivity contribution in [3.63, 3.8) is 0 Å². The number of sulfonamides is 1. The monoisotopic (exact) mass is 547 g/mol. The number of nitrogens with zero attached hydrogens (tertiary/aromatic N) is 2. The molecule has 2 aromatic rings. The van der Waals surface area contributed by atoms with Gasteiger partial charge in [0.05, 0.1) is 11.4 Å². The molecule has 1 fully saturated rings. The topological polar surface area (TPSA) is 105 Å². The summed E-state index contributed by atoms with van der Waals surface area (Å²) in [7, 11) is -3.87. The number of anilines is 1. The molecule has 1 N–H and O–H groups in total. The highest BCUT2D eigenvalue weighted by Gasteiger charge is 2.34. The van der Waals surface area contributed by atoms with Crippen molar-refractivity contribution in [1.82, 2.24) is 10.2 Å². The number of amides is 2. The molecule has 0 bridgehead atoms. The smallest absolute Gasteiger partial charge is 0.244 e. The molecule has 1 saturated carbocycles. The molecular formula is C27H34FN3O6S. The fourth-order valence-electron chi connectivity index (χ4n) is 4.83. The van der Waals surface area contributed by atoms with Gasteiger partial charge in [-0.2, -0.15) is 0 Å². The second-order valence-electron chi connectivity index (χ2n) is 9.51. The quantitative estimate of drug-likeness (QED) is 0.461. The van der Waals surface area contributed by atoms with Gasteiger partial charge in [0.1, 0.15) is 18.4 Å². The summed E-state index contributed by atoms with van der Waals surface area (Å²) >= 11 is 0. The molecule has 0 radical (unpaired) electrons. The number of hydrogen-bond donors (Lipinski definition) is 1. The van der Waals surface area contributed by atoms with E-state index in [1.165, 1.54) is 30.0 Å². The molecule has 9 nitrogen and oxygen atoms in total. The summed E-state index contributed by atoms with van der Waals surface area (Å²) in [5.74, 6) is -0.592. The first kappa shape index (κ1) is 27.7. The van der Waals surface area contributed by atoms with Gasteiger partial charge in [-0.05, 0) is 56.0 Å². The number of carbonyl (C=O) groups is 2. The zero-order valence-electron chi connectivity index (χ0n) is 21.7. The molecule has 1 unspecified atom stereocenters. The Labute approximate surface area is 222 Å². The lowest BCUT2D eigenvalue weighted by Crippen LogP contribution is -2.53. The van der Waals surface area contributed by atoms with Gasteiger partial charge in [-0.25, -0.2) is 12.8 Å². The largest absolute Gasteiger partial charge is 0.454 e. The third-order valence-corrected chi connectivity index (χ3v) is 8.72. The Kier molecular flexibility index (Phi) is 8.76. The molecule has 1 aliphatic heterocycles. The molecule has 0 saturated heterocycles. The van der Waals surface area contributed by atoms with E-state index >= 15 is 0 Å². The van der Waals surface area contributed by atoms with Gasteiger partial charge in [0.15, 0.2) is 11.5 Å². The second-order valence-corrected chi connectivity index (χ2v) is 11.7. The van der Waals surface area contributed by atoms with E-state index in [1.807, 2.05) is 6.92 Å². The van der Waals surface area contributed by atoms with E-state index in [0.717, 1.165) is 30.0 Å². The molecule has 38 heavy (non-hydrogen) atoms. The number of ether oxygens (including phenoxy) is 2. The maximum Gasteiger partial charge on any atom is 0.244 e. The highest BCUT2D eigenvalue weighted by molar-refractivity contribution is 7.92. The van der Waals surface area contributed by atoms with Crippen LogP contribution >= 0.6 is 0 Å². The minimum absolute atomic E-state index is 0.0247. The number of hydrogen-bond acceptors (Lipinski definition) is 6. The molecule has 1 aliphatic carbocycles. The second kappa shape index (κ2) is 12.0. The van der Waals surface area contributed by atoms with Gasteiger partial charge in [-0.1, -0.05) is 31.9 Å². The van der Waals surface area contributed by atoms with Gasteiger partial charge >= 0.3 is 0 Å². The van der Waals surface area contributed by atoms with E-state index in [1.54, 1.807) is 24.3 Å². The zero-order chi connectivity index (χ0) is 27.3. The predicted molar refractivity (Wildman–Crippen MR) is 141 cm³/mol. The molecule has 4 rings (SSSR count). The van der Waals surface area contributed by atoms with Crippen molar-refractivity contribution in [2.24, 2.45) is 0 Å². The molecule has 2 amide bonds. The van der Waals surface area contributed by atoms with Crippen LogP contribution in [0.1, 0.15) is 51.5 Å². The molecule has 1 heterocycles. The highest BCUT2D eigenvalue weighted by Crippen LogP contribution is 2.36. The van der Waals surface area contributed by atoms with Gasteiger partial charge < -0.3 is 19.7 Å². The maximum atomic E-state index is 13.8. The Bertz CT molecular complexity index is 1250. The first-order valence-electron chi connectivity index (χ1n) is 13.0. The number of halogens is 1. The van der Waals surface area contributed by atoms with E-state index in [2.05, 4.69) is 5.32 Å². The molecular weight excluding hydrogens is 513 g/mol. The average molecular weight is 548 g/mol. The van der Waals surface area contributed by atoms with E-state index < -0.39 is 34.3 Å². The van der Waals surface area contributed by atoms with Crippen LogP contribution in [0.25, 0.3) is 0 Å². The summed E-state index contributed by atoms with van der Waals surface area (Å²) < 4.78 is 51.6. The SMILES string of the molecule is CCC(C(=O)NC1CCCC1)N(Cc1ccc(F)cc1)C(=O)CN(c1ccc2c(c1)OCO2)S(=O)(=O)CC. The molecule has 11 heteroatoms.